The van der Waals surface area contributed by atoms with Crippen molar-refractivity contribution in [1.29, 1.82) is 0 Å². The standard InChI is InChI=1S/C10H15NO3S/c1-8(7-11)14-9-3-5-10(6-4-9)15(2,12)13/h3-6,8H,7,11H2,1-2H3. The van der Waals surface area contributed by atoms with E-state index >= 15 is 0 Å². The molecule has 1 aromatic carbocycles. The number of ether oxygens (including phenoxy) is 1. The van der Waals surface area contributed by atoms with Crippen molar-refractivity contribution in [2.24, 2.45) is 5.73 Å². The summed E-state index contributed by atoms with van der Waals surface area (Å²) in [5.41, 5.74) is 5.40. The van der Waals surface area contributed by atoms with Crippen molar-refractivity contribution in [2.75, 3.05) is 12.8 Å². The number of sulfone groups is 1. The molecule has 15 heavy (non-hydrogen) atoms. The molecule has 1 rings (SSSR count). The Morgan fingerprint density at radius 2 is 1.87 bits per heavy atom. The molecule has 0 aliphatic carbocycles. The third kappa shape index (κ3) is 3.53. The third-order valence-corrected chi connectivity index (χ3v) is 3.05. The molecule has 0 aromatic heterocycles. The summed E-state index contributed by atoms with van der Waals surface area (Å²) < 4.78 is 27.7. The number of benzene rings is 1. The van der Waals surface area contributed by atoms with E-state index in [1.54, 1.807) is 12.1 Å². The van der Waals surface area contributed by atoms with Crippen LogP contribution in [0, 0.1) is 0 Å². The number of hydrogen-bond donors (Lipinski definition) is 1. The summed E-state index contributed by atoms with van der Waals surface area (Å²) in [4.78, 5) is 0.287. The second kappa shape index (κ2) is 4.63. The molecule has 1 unspecified atom stereocenters. The smallest absolute Gasteiger partial charge is 0.175 e. The monoisotopic (exact) mass is 229 g/mol. The molecule has 0 saturated carbocycles. The van der Waals surface area contributed by atoms with Crippen LogP contribution in [0.15, 0.2) is 29.2 Å². The van der Waals surface area contributed by atoms with E-state index in [1.807, 2.05) is 6.92 Å². The van der Waals surface area contributed by atoms with Gasteiger partial charge in [-0.2, -0.15) is 0 Å². The van der Waals surface area contributed by atoms with Gasteiger partial charge in [-0.05, 0) is 31.2 Å². The Balaban J connectivity index is 2.82. The Hall–Kier alpha value is -1.07. The van der Waals surface area contributed by atoms with Gasteiger partial charge in [0, 0.05) is 12.8 Å². The summed E-state index contributed by atoms with van der Waals surface area (Å²) in [5.74, 6) is 0.625. The van der Waals surface area contributed by atoms with Crippen molar-refractivity contribution in [1.82, 2.24) is 0 Å². The molecule has 0 fully saturated rings. The lowest BCUT2D eigenvalue weighted by Gasteiger charge is -2.12. The van der Waals surface area contributed by atoms with Gasteiger partial charge < -0.3 is 10.5 Å². The Labute approximate surface area is 90.0 Å². The molecule has 2 N–H and O–H groups in total. The molecule has 0 aliphatic rings. The fraction of sp³-hybridized carbons (Fsp3) is 0.400. The van der Waals surface area contributed by atoms with Crippen LogP contribution in [-0.2, 0) is 9.84 Å². The van der Waals surface area contributed by atoms with Crippen molar-refractivity contribution in [3.8, 4) is 5.75 Å². The lowest BCUT2D eigenvalue weighted by molar-refractivity contribution is 0.230. The van der Waals surface area contributed by atoms with Gasteiger partial charge in [0.15, 0.2) is 9.84 Å². The molecule has 1 aromatic rings. The molecule has 0 radical (unpaired) electrons. The topological polar surface area (TPSA) is 69.4 Å². The first-order valence-electron chi connectivity index (χ1n) is 4.60. The maximum absolute atomic E-state index is 11.2. The predicted molar refractivity (Wildman–Crippen MR) is 58.7 cm³/mol. The number of hydrogen-bond acceptors (Lipinski definition) is 4. The van der Waals surface area contributed by atoms with Crippen molar-refractivity contribution < 1.29 is 13.2 Å². The van der Waals surface area contributed by atoms with Gasteiger partial charge in [0.05, 0.1) is 4.90 Å². The van der Waals surface area contributed by atoms with Crippen molar-refractivity contribution >= 4 is 9.84 Å². The molecule has 0 spiro atoms. The number of rotatable bonds is 4. The molecule has 0 heterocycles. The maximum atomic E-state index is 11.2. The van der Waals surface area contributed by atoms with E-state index in [9.17, 15) is 8.42 Å². The second-order valence-corrected chi connectivity index (χ2v) is 5.42. The van der Waals surface area contributed by atoms with Gasteiger partial charge in [-0.3, -0.25) is 0 Å². The van der Waals surface area contributed by atoms with Gasteiger partial charge in [0.1, 0.15) is 11.9 Å². The van der Waals surface area contributed by atoms with Gasteiger partial charge in [-0.1, -0.05) is 0 Å². The van der Waals surface area contributed by atoms with E-state index in [4.69, 9.17) is 10.5 Å². The normalized spacial score (nSPS) is 13.5. The highest BCUT2D eigenvalue weighted by Crippen LogP contribution is 2.16. The molecule has 0 bridgehead atoms. The van der Waals surface area contributed by atoms with E-state index in [1.165, 1.54) is 18.4 Å². The zero-order valence-electron chi connectivity index (χ0n) is 8.80. The molecule has 84 valence electrons. The van der Waals surface area contributed by atoms with Crippen LogP contribution in [0.4, 0.5) is 0 Å². The van der Waals surface area contributed by atoms with Crippen LogP contribution in [0.1, 0.15) is 6.92 Å². The van der Waals surface area contributed by atoms with Crippen molar-refractivity contribution in [2.45, 2.75) is 17.9 Å². The van der Waals surface area contributed by atoms with Crippen LogP contribution in [0.3, 0.4) is 0 Å². The molecular formula is C10H15NO3S. The van der Waals surface area contributed by atoms with Crippen molar-refractivity contribution in [3.05, 3.63) is 24.3 Å². The fourth-order valence-corrected chi connectivity index (χ4v) is 1.68. The minimum Gasteiger partial charge on any atom is -0.489 e. The molecule has 5 heteroatoms. The summed E-state index contributed by atoms with van der Waals surface area (Å²) >= 11 is 0. The molecule has 0 aliphatic heterocycles. The average Bonchev–Trinajstić information content (AvgIpc) is 2.17. The Kier molecular flexibility index (Phi) is 3.71. The summed E-state index contributed by atoms with van der Waals surface area (Å²) in [5, 5.41) is 0. The average molecular weight is 229 g/mol. The summed E-state index contributed by atoms with van der Waals surface area (Å²) in [7, 11) is -3.13. The highest BCUT2D eigenvalue weighted by Gasteiger charge is 2.07. The van der Waals surface area contributed by atoms with E-state index in [0.717, 1.165) is 0 Å². The molecular weight excluding hydrogens is 214 g/mol. The molecule has 0 amide bonds. The minimum atomic E-state index is -3.13. The van der Waals surface area contributed by atoms with E-state index < -0.39 is 9.84 Å². The highest BCUT2D eigenvalue weighted by atomic mass is 32.2. The predicted octanol–water partition coefficient (Wildman–Crippen LogP) is 0.816. The van der Waals surface area contributed by atoms with Crippen LogP contribution >= 0.6 is 0 Å². The Morgan fingerprint density at radius 3 is 2.27 bits per heavy atom. The summed E-state index contributed by atoms with van der Waals surface area (Å²) in [6, 6.07) is 6.30. The van der Waals surface area contributed by atoms with E-state index in [2.05, 4.69) is 0 Å². The fourth-order valence-electron chi connectivity index (χ4n) is 1.05. The molecule has 0 saturated heterocycles. The second-order valence-electron chi connectivity index (χ2n) is 3.41. The lowest BCUT2D eigenvalue weighted by atomic mass is 10.3. The van der Waals surface area contributed by atoms with Gasteiger partial charge in [-0.15, -0.1) is 0 Å². The first kappa shape index (κ1) is 12.0. The number of nitrogens with two attached hydrogens (primary N) is 1. The van der Waals surface area contributed by atoms with Crippen molar-refractivity contribution in [3.63, 3.8) is 0 Å². The first-order chi connectivity index (χ1) is 6.93. The largest absolute Gasteiger partial charge is 0.489 e. The van der Waals surface area contributed by atoms with Crippen LogP contribution in [0.25, 0.3) is 0 Å². The first-order valence-corrected chi connectivity index (χ1v) is 6.49. The summed E-state index contributed by atoms with van der Waals surface area (Å²) in [6.45, 7) is 2.28. The van der Waals surface area contributed by atoms with Gasteiger partial charge in [0.25, 0.3) is 0 Å². The Bertz CT molecular complexity index is 411. The lowest BCUT2D eigenvalue weighted by Crippen LogP contribution is -2.22. The maximum Gasteiger partial charge on any atom is 0.175 e. The van der Waals surface area contributed by atoms with Crippen LogP contribution in [0.2, 0.25) is 0 Å². The molecule has 4 nitrogen and oxygen atoms in total. The SMILES string of the molecule is CC(CN)Oc1ccc(S(C)(=O)=O)cc1. The van der Waals surface area contributed by atoms with E-state index in [0.29, 0.717) is 12.3 Å². The van der Waals surface area contributed by atoms with Gasteiger partial charge in [0.2, 0.25) is 0 Å². The van der Waals surface area contributed by atoms with Crippen LogP contribution in [-0.4, -0.2) is 27.3 Å². The van der Waals surface area contributed by atoms with Crippen LogP contribution in [0.5, 0.6) is 5.75 Å². The third-order valence-electron chi connectivity index (χ3n) is 1.92. The Morgan fingerprint density at radius 1 is 1.33 bits per heavy atom. The zero-order chi connectivity index (χ0) is 11.5. The van der Waals surface area contributed by atoms with E-state index in [-0.39, 0.29) is 11.0 Å². The zero-order valence-corrected chi connectivity index (χ0v) is 9.62. The highest BCUT2D eigenvalue weighted by molar-refractivity contribution is 7.90. The summed E-state index contributed by atoms with van der Waals surface area (Å²) in [6.07, 6.45) is 1.10. The quantitative estimate of drug-likeness (QED) is 0.829. The van der Waals surface area contributed by atoms with Crippen LogP contribution < -0.4 is 10.5 Å². The minimum absolute atomic E-state index is 0.0749. The molecule has 1 atom stereocenters. The van der Waals surface area contributed by atoms with Gasteiger partial charge >= 0.3 is 0 Å². The van der Waals surface area contributed by atoms with Gasteiger partial charge in [-0.25, -0.2) is 8.42 Å².